The fraction of sp³-hybridized carbons (Fsp3) is 0.750. The van der Waals surface area contributed by atoms with Gasteiger partial charge in [0.25, 0.3) is 0 Å². The molecule has 0 amide bonds. The van der Waals surface area contributed by atoms with Crippen LogP contribution in [0.2, 0.25) is 0 Å². The molecule has 0 aliphatic carbocycles. The molecule has 0 spiro atoms. The van der Waals surface area contributed by atoms with Gasteiger partial charge in [0.05, 0.1) is 0 Å². The lowest BCUT2D eigenvalue weighted by Crippen LogP contribution is -2.10. The maximum Gasteiger partial charge on any atom is 0.313 e. The van der Waals surface area contributed by atoms with E-state index in [0.29, 0.717) is 12.8 Å². The van der Waals surface area contributed by atoms with E-state index in [1.165, 1.54) is 0 Å². The van der Waals surface area contributed by atoms with E-state index >= 15 is 0 Å². The lowest BCUT2D eigenvalue weighted by molar-refractivity contribution is -0.159. The van der Waals surface area contributed by atoms with E-state index in [9.17, 15) is 9.59 Å². The van der Waals surface area contributed by atoms with Gasteiger partial charge in [-0.3, -0.25) is 9.59 Å². The molecule has 0 aliphatic heterocycles. The molecule has 4 nitrogen and oxygen atoms in total. The van der Waals surface area contributed by atoms with Gasteiger partial charge in [0, 0.05) is 12.8 Å². The minimum Gasteiger partial charge on any atom is -0.412 e. The fourth-order valence-electron chi connectivity index (χ4n) is 0.637. The van der Waals surface area contributed by atoms with Crippen LogP contribution in [0.1, 0.15) is 39.5 Å². The third-order valence-corrected chi connectivity index (χ3v) is 1.14. The van der Waals surface area contributed by atoms with Crippen molar-refractivity contribution in [1.82, 2.24) is 0 Å². The van der Waals surface area contributed by atoms with E-state index in [-0.39, 0.29) is 5.48 Å². The molecule has 4 heteroatoms. The highest BCUT2D eigenvalue weighted by atomic mass is 16.6. The Labute approximate surface area is 72.2 Å². The molecule has 0 heterocycles. The van der Waals surface area contributed by atoms with Crippen molar-refractivity contribution in [3.8, 4) is 0 Å². The quantitative estimate of drug-likeness (QED) is 0.470. The fourth-order valence-corrected chi connectivity index (χ4v) is 0.637. The summed E-state index contributed by atoms with van der Waals surface area (Å²) in [5, 5.41) is 0. The molecule has 0 atom stereocenters. The van der Waals surface area contributed by atoms with Crippen LogP contribution in [0.5, 0.6) is 0 Å². The van der Waals surface area contributed by atoms with E-state index in [0.717, 1.165) is 12.8 Å². The molecule has 0 radical (unpaired) electrons. The second-order valence-electron chi connectivity index (χ2n) is 2.35. The molecule has 72 valence electrons. The summed E-state index contributed by atoms with van der Waals surface area (Å²) in [6, 6.07) is 0. The number of esters is 2. The highest BCUT2D eigenvalue weighted by Crippen LogP contribution is 1.95. The van der Waals surface area contributed by atoms with Gasteiger partial charge in [-0.2, -0.15) is 0 Å². The van der Waals surface area contributed by atoms with Crippen LogP contribution in [-0.2, 0) is 14.3 Å². The third kappa shape index (κ3) is 7.21. The van der Waals surface area contributed by atoms with Crippen molar-refractivity contribution in [1.29, 1.82) is 0 Å². The van der Waals surface area contributed by atoms with Crippen molar-refractivity contribution in [3.63, 3.8) is 0 Å². The summed E-state index contributed by atoms with van der Waals surface area (Å²) in [4.78, 5) is 21.4. The molecule has 0 fully saturated rings. The van der Waals surface area contributed by atoms with Gasteiger partial charge in [-0.05, 0) is 12.8 Å². The molecular weight excluding hydrogens is 160 g/mol. The standard InChI is InChI=1S/C8H14O3.H2O/c1-3-5-7(9)11-8(10)6-4-2;/h3-6H2,1-2H3;1H2. The first-order chi connectivity index (χ1) is 5.20. The normalized spacial score (nSPS) is 8.50. The Hall–Kier alpha value is -0.900. The minimum atomic E-state index is -0.411. The molecule has 0 rings (SSSR count). The average molecular weight is 176 g/mol. The zero-order valence-corrected chi connectivity index (χ0v) is 7.55. The maximum atomic E-state index is 10.7. The summed E-state index contributed by atoms with van der Waals surface area (Å²) in [5.41, 5.74) is 0. The lowest BCUT2D eigenvalue weighted by Gasteiger charge is -1.98. The highest BCUT2D eigenvalue weighted by molar-refractivity contribution is 5.85. The first kappa shape index (κ1) is 13.7. The smallest absolute Gasteiger partial charge is 0.313 e. The van der Waals surface area contributed by atoms with Crippen LogP contribution in [0.25, 0.3) is 0 Å². The van der Waals surface area contributed by atoms with E-state index in [1.807, 2.05) is 13.8 Å². The van der Waals surface area contributed by atoms with Gasteiger partial charge in [0.15, 0.2) is 0 Å². The summed E-state index contributed by atoms with van der Waals surface area (Å²) >= 11 is 0. The summed E-state index contributed by atoms with van der Waals surface area (Å²) in [6.45, 7) is 3.73. The van der Waals surface area contributed by atoms with Gasteiger partial charge in [0.2, 0.25) is 0 Å². The number of hydrogen-bond donors (Lipinski definition) is 0. The van der Waals surface area contributed by atoms with E-state index in [2.05, 4.69) is 4.74 Å². The maximum absolute atomic E-state index is 10.7. The number of carbonyl (C=O) groups is 2. The Kier molecular flexibility index (Phi) is 9.34. The van der Waals surface area contributed by atoms with Crippen molar-refractivity contribution in [2.45, 2.75) is 39.5 Å². The van der Waals surface area contributed by atoms with Gasteiger partial charge in [0.1, 0.15) is 0 Å². The van der Waals surface area contributed by atoms with Crippen LogP contribution in [-0.4, -0.2) is 17.4 Å². The van der Waals surface area contributed by atoms with Gasteiger partial charge >= 0.3 is 11.9 Å². The molecule has 0 unspecified atom stereocenters. The van der Waals surface area contributed by atoms with Crippen LogP contribution >= 0.6 is 0 Å². The van der Waals surface area contributed by atoms with Crippen LogP contribution in [0.15, 0.2) is 0 Å². The Balaban J connectivity index is 0. The van der Waals surface area contributed by atoms with Gasteiger partial charge in [-0.1, -0.05) is 13.8 Å². The SMILES string of the molecule is CCCC(=O)OC(=O)CCC.O. The molecule has 0 aromatic rings. The summed E-state index contributed by atoms with van der Waals surface area (Å²) in [7, 11) is 0. The topological polar surface area (TPSA) is 74.9 Å². The number of carbonyl (C=O) groups excluding carboxylic acids is 2. The first-order valence-electron chi connectivity index (χ1n) is 3.94. The Morgan fingerprint density at radius 2 is 1.33 bits per heavy atom. The van der Waals surface area contributed by atoms with Gasteiger partial charge in [-0.25, -0.2) is 0 Å². The number of rotatable bonds is 4. The third-order valence-electron chi connectivity index (χ3n) is 1.14. The Morgan fingerprint density at radius 1 is 1.00 bits per heavy atom. The van der Waals surface area contributed by atoms with E-state index < -0.39 is 11.9 Å². The number of hydrogen-bond acceptors (Lipinski definition) is 3. The first-order valence-corrected chi connectivity index (χ1v) is 3.94. The molecule has 0 aromatic carbocycles. The summed E-state index contributed by atoms with van der Waals surface area (Å²) in [5.74, 6) is -0.822. The predicted octanol–water partition coefficient (Wildman–Crippen LogP) is 0.832. The number of ether oxygens (including phenoxy) is 1. The second-order valence-corrected chi connectivity index (χ2v) is 2.35. The molecule has 0 aliphatic rings. The van der Waals surface area contributed by atoms with E-state index in [1.54, 1.807) is 0 Å². The van der Waals surface area contributed by atoms with E-state index in [4.69, 9.17) is 0 Å². The van der Waals surface area contributed by atoms with Gasteiger partial charge < -0.3 is 10.2 Å². The molecule has 0 bridgehead atoms. The summed E-state index contributed by atoms with van der Waals surface area (Å²) in [6.07, 6.45) is 2.10. The molecule has 0 saturated heterocycles. The Bertz CT molecular complexity index is 126. The molecule has 2 N–H and O–H groups in total. The largest absolute Gasteiger partial charge is 0.412 e. The molecule has 12 heavy (non-hydrogen) atoms. The highest BCUT2D eigenvalue weighted by Gasteiger charge is 2.06. The van der Waals surface area contributed by atoms with Crippen LogP contribution < -0.4 is 0 Å². The van der Waals surface area contributed by atoms with Crippen molar-refractivity contribution in [3.05, 3.63) is 0 Å². The van der Waals surface area contributed by atoms with Crippen LogP contribution in [0.3, 0.4) is 0 Å². The average Bonchev–Trinajstić information content (AvgIpc) is 1.87. The zero-order chi connectivity index (χ0) is 8.69. The predicted molar refractivity (Wildman–Crippen MR) is 44.5 cm³/mol. The molecule has 0 aromatic heterocycles. The lowest BCUT2D eigenvalue weighted by atomic mass is 10.3. The van der Waals surface area contributed by atoms with Crippen molar-refractivity contribution in [2.75, 3.05) is 0 Å². The van der Waals surface area contributed by atoms with Crippen molar-refractivity contribution < 1.29 is 19.8 Å². The summed E-state index contributed by atoms with van der Waals surface area (Å²) < 4.78 is 4.45. The van der Waals surface area contributed by atoms with Crippen LogP contribution in [0.4, 0.5) is 0 Å². The monoisotopic (exact) mass is 176 g/mol. The second kappa shape index (κ2) is 8.20. The minimum absolute atomic E-state index is 0. The van der Waals surface area contributed by atoms with Crippen molar-refractivity contribution in [2.24, 2.45) is 0 Å². The van der Waals surface area contributed by atoms with Gasteiger partial charge in [-0.15, -0.1) is 0 Å². The molecular formula is C8H16O4. The Morgan fingerprint density at radius 3 is 1.58 bits per heavy atom. The van der Waals surface area contributed by atoms with Crippen molar-refractivity contribution >= 4 is 11.9 Å². The zero-order valence-electron chi connectivity index (χ0n) is 7.55. The van der Waals surface area contributed by atoms with Crippen LogP contribution in [0, 0.1) is 0 Å². The molecule has 0 saturated carbocycles.